The number of nitrogens with one attached hydrogen (secondary N) is 4. The van der Waals surface area contributed by atoms with Crippen molar-refractivity contribution in [3.8, 4) is 17.2 Å². The summed E-state index contributed by atoms with van der Waals surface area (Å²) < 4.78 is 42.3. The quantitative estimate of drug-likeness (QED) is 0.0723. The van der Waals surface area contributed by atoms with Gasteiger partial charge in [-0.1, -0.05) is 118 Å². The fraction of sp³-hybridized carbons (Fsp3) is 0.317. The Labute approximate surface area is 353 Å². The first-order valence-corrected chi connectivity index (χ1v) is 21.2. The van der Waals surface area contributed by atoms with E-state index in [1.165, 1.54) is 35.9 Å². The predicted molar refractivity (Wildman–Crippen MR) is 231 cm³/mol. The van der Waals surface area contributed by atoms with Crippen LogP contribution >= 0.6 is 46.4 Å². The van der Waals surface area contributed by atoms with Crippen LogP contribution in [0.5, 0.6) is 11.5 Å². The molecule has 0 bridgehead atoms. The summed E-state index contributed by atoms with van der Waals surface area (Å²) in [4.78, 5) is 26.6. The number of halogens is 4. The molecule has 4 aromatic carbocycles. The van der Waals surface area contributed by atoms with E-state index in [0.717, 1.165) is 28.8 Å². The first kappa shape index (κ1) is 43.9. The minimum Gasteiger partial charge on any atom is -0.493 e. The molecular formula is C41H45Cl4N5O6S. The standard InChI is InChI=1S/C41H45Cl4N5O6S/c1-7-40(3,4)25-15-18-34(29(21-25)41(5,6)8-2)55-20-12-19-46-57(53,54)28-16-17-30(43)33(24-28)48-37-36(56-39(52)47-27-13-10-9-11-14-27)38(51)50(49-37)35-31(44)22-26(42)23-32(35)45/h9-11,13-18,21-24,46,48-49H,7-8,12,19-20H2,1-6H3,(H,47,52). The van der Waals surface area contributed by atoms with E-state index in [-0.39, 0.29) is 66.2 Å². The van der Waals surface area contributed by atoms with E-state index in [2.05, 4.69) is 74.1 Å². The summed E-state index contributed by atoms with van der Waals surface area (Å²) in [6.07, 6.45) is 1.32. The molecular weight excluding hydrogens is 832 g/mol. The van der Waals surface area contributed by atoms with Gasteiger partial charge in [-0.15, -0.1) is 0 Å². The number of aromatic amines is 1. The van der Waals surface area contributed by atoms with E-state index < -0.39 is 27.4 Å². The molecule has 0 spiro atoms. The maximum absolute atomic E-state index is 13.8. The number of hydrogen-bond acceptors (Lipinski definition) is 7. The minimum atomic E-state index is -4.05. The van der Waals surface area contributed by atoms with Crippen LogP contribution in [0.15, 0.2) is 88.6 Å². The van der Waals surface area contributed by atoms with Gasteiger partial charge in [0.2, 0.25) is 15.8 Å². The fourth-order valence-electron chi connectivity index (χ4n) is 5.71. The summed E-state index contributed by atoms with van der Waals surface area (Å²) in [5.41, 5.74) is 1.90. The summed E-state index contributed by atoms with van der Waals surface area (Å²) in [5, 5.41) is 8.60. The van der Waals surface area contributed by atoms with Gasteiger partial charge < -0.3 is 14.8 Å². The zero-order chi connectivity index (χ0) is 41.7. The molecule has 1 amide bonds. The monoisotopic (exact) mass is 875 g/mol. The van der Waals surface area contributed by atoms with Crippen LogP contribution in [-0.2, 0) is 20.9 Å². The van der Waals surface area contributed by atoms with E-state index in [0.29, 0.717) is 12.1 Å². The molecule has 0 aliphatic carbocycles. The maximum Gasteiger partial charge on any atom is 0.417 e. The molecule has 0 aliphatic rings. The number of anilines is 3. The Balaban J connectivity index is 1.35. The van der Waals surface area contributed by atoms with Gasteiger partial charge in [0.05, 0.1) is 32.3 Å². The van der Waals surface area contributed by atoms with Crippen LogP contribution in [-0.4, -0.2) is 37.4 Å². The lowest BCUT2D eigenvalue weighted by Crippen LogP contribution is -2.26. The minimum absolute atomic E-state index is 0.0177. The number of carbonyl (C=O) groups excluding carboxylic acids is 1. The number of nitrogens with zero attached hydrogens (tertiary/aromatic N) is 1. The average Bonchev–Trinajstić information content (AvgIpc) is 3.44. The highest BCUT2D eigenvalue weighted by Gasteiger charge is 2.28. The molecule has 11 nitrogen and oxygen atoms in total. The van der Waals surface area contributed by atoms with Gasteiger partial charge in [0.15, 0.2) is 5.82 Å². The molecule has 0 radical (unpaired) electrons. The Morgan fingerprint density at radius 2 is 1.51 bits per heavy atom. The third-order valence-electron chi connectivity index (χ3n) is 9.90. The van der Waals surface area contributed by atoms with Gasteiger partial charge in [-0.25, -0.2) is 22.6 Å². The molecule has 0 unspecified atom stereocenters. The fourth-order valence-corrected chi connectivity index (χ4v) is 7.96. The first-order valence-electron chi connectivity index (χ1n) is 18.2. The Bertz CT molecular complexity index is 2390. The van der Waals surface area contributed by atoms with Crippen LogP contribution in [0.25, 0.3) is 5.69 Å². The van der Waals surface area contributed by atoms with Crippen LogP contribution in [0.3, 0.4) is 0 Å². The number of sulfonamides is 1. The van der Waals surface area contributed by atoms with Gasteiger partial charge in [-0.3, -0.25) is 15.2 Å². The molecule has 304 valence electrons. The lowest BCUT2D eigenvalue weighted by Gasteiger charge is -2.30. The third kappa shape index (κ3) is 10.5. The Kier molecular flexibility index (Phi) is 14.0. The number of rotatable bonds is 16. The van der Waals surface area contributed by atoms with Crippen molar-refractivity contribution < 1.29 is 22.7 Å². The van der Waals surface area contributed by atoms with Gasteiger partial charge >= 0.3 is 11.7 Å². The van der Waals surface area contributed by atoms with Crippen molar-refractivity contribution >= 4 is 79.7 Å². The maximum atomic E-state index is 13.8. The molecule has 5 rings (SSSR count). The highest BCUT2D eigenvalue weighted by atomic mass is 35.5. The van der Waals surface area contributed by atoms with Gasteiger partial charge in [0.25, 0.3) is 0 Å². The number of hydrogen-bond donors (Lipinski definition) is 4. The molecule has 16 heteroatoms. The topological polar surface area (TPSA) is 144 Å². The lowest BCUT2D eigenvalue weighted by atomic mass is 9.76. The van der Waals surface area contributed by atoms with E-state index in [9.17, 15) is 18.0 Å². The van der Waals surface area contributed by atoms with E-state index >= 15 is 0 Å². The lowest BCUT2D eigenvalue weighted by molar-refractivity contribution is 0.215. The van der Waals surface area contributed by atoms with E-state index in [1.54, 1.807) is 30.3 Å². The number of ether oxygens (including phenoxy) is 2. The summed E-state index contributed by atoms with van der Waals surface area (Å²) in [7, 11) is -4.05. The Hall–Kier alpha value is -4.17. The third-order valence-corrected chi connectivity index (χ3v) is 12.5. The molecule has 0 fully saturated rings. The van der Waals surface area contributed by atoms with E-state index in [4.69, 9.17) is 55.9 Å². The summed E-state index contributed by atoms with van der Waals surface area (Å²) in [6.45, 7) is 13.5. The molecule has 5 aromatic rings. The largest absolute Gasteiger partial charge is 0.493 e. The van der Waals surface area contributed by atoms with Crippen molar-refractivity contribution in [3.05, 3.63) is 120 Å². The predicted octanol–water partition coefficient (Wildman–Crippen LogP) is 11.3. The van der Waals surface area contributed by atoms with Crippen LogP contribution in [0.2, 0.25) is 20.1 Å². The van der Waals surface area contributed by atoms with E-state index in [1.807, 2.05) is 6.07 Å². The second-order valence-corrected chi connectivity index (χ2v) is 18.0. The number of para-hydroxylation sites is 1. The molecule has 4 N–H and O–H groups in total. The van der Waals surface area contributed by atoms with Gasteiger partial charge in [0.1, 0.15) is 11.4 Å². The summed E-state index contributed by atoms with van der Waals surface area (Å²) in [5.74, 6) is 0.119. The van der Waals surface area contributed by atoms with Crippen molar-refractivity contribution in [2.75, 3.05) is 23.8 Å². The van der Waals surface area contributed by atoms with Crippen LogP contribution in [0, 0.1) is 0 Å². The first-order chi connectivity index (χ1) is 26.9. The number of amides is 1. The summed E-state index contributed by atoms with van der Waals surface area (Å²) >= 11 is 25.5. The Morgan fingerprint density at radius 3 is 2.16 bits per heavy atom. The van der Waals surface area contributed by atoms with Crippen LogP contribution in [0.1, 0.15) is 71.9 Å². The number of aromatic nitrogens is 2. The summed E-state index contributed by atoms with van der Waals surface area (Å²) in [6, 6.07) is 21.6. The molecule has 1 heterocycles. The Morgan fingerprint density at radius 1 is 0.842 bits per heavy atom. The second kappa shape index (κ2) is 18.2. The number of carbonyl (C=O) groups is 1. The van der Waals surface area contributed by atoms with Crippen molar-refractivity contribution in [3.63, 3.8) is 0 Å². The van der Waals surface area contributed by atoms with Gasteiger partial charge in [-0.05, 0) is 84.2 Å². The highest BCUT2D eigenvalue weighted by Crippen LogP contribution is 2.39. The molecule has 0 saturated heterocycles. The van der Waals surface area contributed by atoms with Gasteiger partial charge in [0, 0.05) is 22.8 Å². The zero-order valence-electron chi connectivity index (χ0n) is 32.4. The SMILES string of the molecule is CCC(C)(C)c1ccc(OCCCNS(=O)(=O)c2ccc(Cl)c(Nc3[nH]n(-c4c(Cl)cc(Cl)cc4Cl)c(=O)c3OC(=O)Nc3ccccc3)c2)c(C(C)(C)CC)c1. The smallest absolute Gasteiger partial charge is 0.417 e. The average molecular weight is 878 g/mol. The molecule has 0 saturated carbocycles. The zero-order valence-corrected chi connectivity index (χ0v) is 36.2. The van der Waals surface area contributed by atoms with Crippen LogP contribution < -0.4 is 30.4 Å². The molecule has 1 aromatic heterocycles. The van der Waals surface area contributed by atoms with Gasteiger partial charge in [-0.2, -0.15) is 0 Å². The molecule has 57 heavy (non-hydrogen) atoms. The number of benzene rings is 4. The second-order valence-electron chi connectivity index (χ2n) is 14.6. The molecule has 0 atom stereocenters. The molecule has 0 aliphatic heterocycles. The van der Waals surface area contributed by atoms with Crippen molar-refractivity contribution in [1.82, 2.24) is 14.5 Å². The van der Waals surface area contributed by atoms with Crippen molar-refractivity contribution in [2.24, 2.45) is 0 Å². The highest BCUT2D eigenvalue weighted by molar-refractivity contribution is 7.89. The van der Waals surface area contributed by atoms with Crippen LogP contribution in [0.4, 0.5) is 22.0 Å². The number of H-pyrrole nitrogens is 1. The van der Waals surface area contributed by atoms with Crippen molar-refractivity contribution in [2.45, 2.75) is 76.5 Å². The van der Waals surface area contributed by atoms with Crippen molar-refractivity contribution in [1.29, 1.82) is 0 Å². The normalized spacial score (nSPS) is 12.0.